The van der Waals surface area contributed by atoms with Gasteiger partial charge in [0.2, 0.25) is 17.3 Å². The first kappa shape index (κ1) is 16.9. The number of aliphatic hydroxyl groups is 4. The Morgan fingerprint density at radius 3 is 1.70 bits per heavy atom. The average molecular weight is 324 g/mol. The lowest BCUT2D eigenvalue weighted by molar-refractivity contribution is -0.206. The van der Waals surface area contributed by atoms with Gasteiger partial charge in [-0.25, -0.2) is 4.79 Å². The molecule has 0 aliphatic heterocycles. The van der Waals surface area contributed by atoms with Gasteiger partial charge >= 0.3 is 11.8 Å². The van der Waals surface area contributed by atoms with Crippen LogP contribution in [0.4, 0.5) is 0 Å². The van der Waals surface area contributed by atoms with E-state index in [2.05, 4.69) is 0 Å². The smallest absolute Gasteiger partial charge is 0.372 e. The number of carbonyl (C=O) groups is 4. The van der Waals surface area contributed by atoms with Crippen molar-refractivity contribution in [2.45, 2.75) is 18.0 Å². The summed E-state index contributed by atoms with van der Waals surface area (Å²) in [6, 6.07) is 0. The molecule has 9 heteroatoms. The second-order valence-corrected chi connectivity index (χ2v) is 5.14. The van der Waals surface area contributed by atoms with Gasteiger partial charge in [0, 0.05) is 0 Å². The molecule has 0 amide bonds. The third-order valence-electron chi connectivity index (χ3n) is 3.61. The standard InChI is InChI=1S/C14H12O9/c15-8(5-9(16)14(22,23)12(18)19)13(20,21)11(17)10-6-1-2-7(10)4-3-6/h1-4,10,20-23H,5H2,(H,18,19). The van der Waals surface area contributed by atoms with Crippen molar-refractivity contribution in [3.05, 3.63) is 35.5 Å². The van der Waals surface area contributed by atoms with Crippen LogP contribution < -0.4 is 0 Å². The van der Waals surface area contributed by atoms with Crippen molar-refractivity contribution in [2.24, 2.45) is 5.92 Å². The van der Waals surface area contributed by atoms with Crippen molar-refractivity contribution < 1.29 is 44.7 Å². The Balaban J connectivity index is 2.14. The van der Waals surface area contributed by atoms with Crippen LogP contribution in [0.15, 0.2) is 35.5 Å². The molecule has 0 aromatic rings. The third-order valence-corrected chi connectivity index (χ3v) is 3.61. The second-order valence-electron chi connectivity index (χ2n) is 5.14. The van der Waals surface area contributed by atoms with Gasteiger partial charge in [-0.1, -0.05) is 24.3 Å². The highest BCUT2D eigenvalue weighted by Gasteiger charge is 2.51. The van der Waals surface area contributed by atoms with Gasteiger partial charge in [0.15, 0.2) is 0 Å². The highest BCUT2D eigenvalue weighted by molar-refractivity contribution is 6.19. The van der Waals surface area contributed by atoms with Gasteiger partial charge in [-0.15, -0.1) is 0 Å². The molecule has 9 nitrogen and oxygen atoms in total. The quantitative estimate of drug-likeness (QED) is 0.252. The maximum Gasteiger partial charge on any atom is 0.372 e. The summed E-state index contributed by atoms with van der Waals surface area (Å²) in [6.45, 7) is 0. The molecular weight excluding hydrogens is 312 g/mol. The Hall–Kier alpha value is -2.46. The van der Waals surface area contributed by atoms with E-state index in [-0.39, 0.29) is 0 Å². The van der Waals surface area contributed by atoms with Crippen LogP contribution in [0.3, 0.4) is 0 Å². The number of hydrogen-bond donors (Lipinski definition) is 5. The summed E-state index contributed by atoms with van der Waals surface area (Å²) in [4.78, 5) is 45.8. The van der Waals surface area contributed by atoms with E-state index in [1.807, 2.05) is 0 Å². The van der Waals surface area contributed by atoms with Gasteiger partial charge in [0.1, 0.15) is 0 Å². The fourth-order valence-corrected chi connectivity index (χ4v) is 2.23. The van der Waals surface area contributed by atoms with E-state index < -0.39 is 47.2 Å². The van der Waals surface area contributed by atoms with Crippen LogP contribution >= 0.6 is 0 Å². The number of rotatable bonds is 7. The molecule has 0 saturated carbocycles. The predicted molar refractivity (Wildman–Crippen MR) is 70.4 cm³/mol. The Morgan fingerprint density at radius 1 is 0.870 bits per heavy atom. The molecule has 2 aliphatic rings. The van der Waals surface area contributed by atoms with Gasteiger partial charge < -0.3 is 25.5 Å². The maximum absolute atomic E-state index is 12.1. The SMILES string of the molecule is O=C(O)C(O)(O)C(=O)CC(=O)C(O)(O)C(=O)C1C2=CC=C1C=C2. The summed E-state index contributed by atoms with van der Waals surface area (Å²) in [7, 11) is 0. The largest absolute Gasteiger partial charge is 0.477 e. The molecule has 0 unspecified atom stereocenters. The summed E-state index contributed by atoms with van der Waals surface area (Å²) in [5.41, 5.74) is 0.863. The van der Waals surface area contributed by atoms with Crippen LogP contribution in [0, 0.1) is 5.92 Å². The molecule has 0 radical (unpaired) electrons. The Kier molecular flexibility index (Phi) is 3.91. The molecule has 2 bridgehead atoms. The number of ketones is 3. The van der Waals surface area contributed by atoms with Crippen molar-refractivity contribution >= 4 is 23.3 Å². The van der Waals surface area contributed by atoms with Crippen LogP contribution in [-0.2, 0) is 19.2 Å². The Bertz CT molecular complexity index is 684. The predicted octanol–water partition coefficient (Wildman–Crippen LogP) is -2.42. The number of hydrogen-bond acceptors (Lipinski definition) is 8. The normalized spacial score (nSPS) is 17.0. The lowest BCUT2D eigenvalue weighted by Gasteiger charge is -2.23. The van der Waals surface area contributed by atoms with E-state index in [9.17, 15) is 29.4 Å². The van der Waals surface area contributed by atoms with E-state index in [0.717, 1.165) is 0 Å². The molecule has 0 atom stereocenters. The number of carboxylic acid groups (broad SMARTS) is 1. The Labute approximate surface area is 128 Å². The van der Waals surface area contributed by atoms with E-state index >= 15 is 0 Å². The minimum absolute atomic E-state index is 0.431. The van der Waals surface area contributed by atoms with Crippen LogP contribution in [-0.4, -0.2) is 60.4 Å². The van der Waals surface area contributed by atoms with Gasteiger partial charge in [0.05, 0.1) is 12.3 Å². The maximum atomic E-state index is 12.1. The number of aliphatic carboxylic acids is 1. The van der Waals surface area contributed by atoms with Crippen molar-refractivity contribution in [3.8, 4) is 0 Å². The first-order chi connectivity index (χ1) is 10.5. The summed E-state index contributed by atoms with van der Waals surface area (Å²) in [5, 5.41) is 45.9. The van der Waals surface area contributed by atoms with E-state index in [1.54, 1.807) is 24.3 Å². The molecule has 0 aromatic carbocycles. The summed E-state index contributed by atoms with van der Waals surface area (Å²) in [5.74, 6) is -15.8. The molecule has 2 aliphatic carbocycles. The summed E-state index contributed by atoms with van der Waals surface area (Å²) < 4.78 is 0. The second kappa shape index (κ2) is 5.32. The fraction of sp³-hybridized carbons (Fsp3) is 0.286. The number of Topliss-reactive ketones (excluding diaryl/α,β-unsaturated/α-hetero) is 3. The minimum atomic E-state index is -3.87. The first-order valence-corrected chi connectivity index (χ1v) is 6.33. The minimum Gasteiger partial charge on any atom is -0.477 e. The number of carbonyl (C=O) groups excluding carboxylic acids is 3. The molecule has 0 saturated heterocycles. The molecular formula is C14H12O9. The highest BCUT2D eigenvalue weighted by atomic mass is 16.5. The number of carboxylic acids is 1. The molecule has 122 valence electrons. The summed E-state index contributed by atoms with van der Waals surface area (Å²) in [6.07, 6.45) is 4.61. The van der Waals surface area contributed by atoms with Crippen LogP contribution in [0.2, 0.25) is 0 Å². The highest BCUT2D eigenvalue weighted by Crippen LogP contribution is 2.38. The van der Waals surface area contributed by atoms with Gasteiger partial charge in [-0.2, -0.15) is 0 Å². The van der Waals surface area contributed by atoms with Crippen molar-refractivity contribution in [1.29, 1.82) is 0 Å². The molecule has 23 heavy (non-hydrogen) atoms. The van der Waals surface area contributed by atoms with Crippen LogP contribution in [0.25, 0.3) is 0 Å². The molecule has 0 heterocycles. The first-order valence-electron chi connectivity index (χ1n) is 6.33. The summed E-state index contributed by atoms with van der Waals surface area (Å²) >= 11 is 0. The van der Waals surface area contributed by atoms with Crippen LogP contribution in [0.5, 0.6) is 0 Å². The lowest BCUT2D eigenvalue weighted by Crippen LogP contribution is -2.53. The van der Waals surface area contributed by atoms with Gasteiger partial charge in [0.25, 0.3) is 5.79 Å². The van der Waals surface area contributed by atoms with Crippen LogP contribution in [0.1, 0.15) is 6.42 Å². The van der Waals surface area contributed by atoms with Crippen molar-refractivity contribution in [1.82, 2.24) is 0 Å². The zero-order valence-electron chi connectivity index (χ0n) is 11.5. The van der Waals surface area contributed by atoms with Crippen molar-refractivity contribution in [2.75, 3.05) is 0 Å². The van der Waals surface area contributed by atoms with Gasteiger partial charge in [-0.3, -0.25) is 14.4 Å². The Morgan fingerprint density at radius 2 is 1.30 bits per heavy atom. The molecule has 0 aromatic heterocycles. The van der Waals surface area contributed by atoms with Gasteiger partial charge in [-0.05, 0) is 11.1 Å². The fourth-order valence-electron chi connectivity index (χ4n) is 2.23. The number of fused-ring (bicyclic) bond motifs is 2. The monoisotopic (exact) mass is 324 g/mol. The zero-order valence-corrected chi connectivity index (χ0v) is 11.5. The average Bonchev–Trinajstić information content (AvgIpc) is 3.05. The molecule has 0 fully saturated rings. The topological polar surface area (TPSA) is 169 Å². The number of allylic oxidation sites excluding steroid dienone is 6. The van der Waals surface area contributed by atoms with E-state index in [4.69, 9.17) is 15.3 Å². The lowest BCUT2D eigenvalue weighted by atomic mass is 9.88. The molecule has 0 spiro atoms. The third kappa shape index (κ3) is 2.66. The molecule has 5 N–H and O–H groups in total. The molecule has 2 rings (SSSR count). The zero-order chi connectivity index (χ0) is 17.6. The van der Waals surface area contributed by atoms with Crippen molar-refractivity contribution in [3.63, 3.8) is 0 Å². The van der Waals surface area contributed by atoms with E-state index in [1.165, 1.54) is 0 Å². The van der Waals surface area contributed by atoms with E-state index in [0.29, 0.717) is 11.1 Å².